The smallest absolute Gasteiger partial charge is 0.248 e. The highest BCUT2D eigenvalue weighted by Crippen LogP contribution is 2.24. The number of carbonyl (C=O) groups is 1. The van der Waals surface area contributed by atoms with Crippen LogP contribution in [0.4, 0.5) is 5.69 Å². The van der Waals surface area contributed by atoms with E-state index >= 15 is 0 Å². The molecule has 3 aromatic heterocycles. The zero-order valence-corrected chi connectivity index (χ0v) is 15.2. The Morgan fingerprint density at radius 1 is 1.33 bits per heavy atom. The molecule has 0 spiro atoms. The molecule has 0 aliphatic rings. The van der Waals surface area contributed by atoms with Crippen LogP contribution in [-0.4, -0.2) is 31.1 Å². The Labute approximate surface area is 157 Å². The number of rotatable bonds is 5. The molecule has 0 aliphatic heterocycles. The van der Waals surface area contributed by atoms with E-state index in [9.17, 15) is 9.59 Å². The largest absolute Gasteiger partial charge is 0.326 e. The number of hydrogen-bond acceptors (Lipinski definition) is 6. The molecule has 4 aromatic rings. The van der Waals surface area contributed by atoms with E-state index in [1.165, 1.54) is 6.33 Å². The van der Waals surface area contributed by atoms with Gasteiger partial charge >= 0.3 is 0 Å². The molecule has 8 nitrogen and oxygen atoms in total. The average molecular weight is 380 g/mol. The second-order valence-corrected chi connectivity index (χ2v) is 6.97. The normalized spacial score (nSPS) is 12.2. The molecule has 1 aromatic carbocycles. The standard InChI is InChI=1S/C18H16N6O2S/c1-11-6-17(25)21-15-7-13(2-3-14(11)15)20-18(26)8-16(12-4-5-27-9-12)24-10-19-22-23-24/h2-7,9-10,16H,8H2,1H3,(H,20,26)(H,21,25)/t16-/m1/s1. The molecule has 0 bridgehead atoms. The number of nitrogens with one attached hydrogen (secondary N) is 2. The number of fused-ring (bicyclic) bond motifs is 1. The second kappa shape index (κ2) is 7.12. The molecule has 0 fully saturated rings. The van der Waals surface area contributed by atoms with Crippen molar-refractivity contribution in [3.63, 3.8) is 0 Å². The number of thiophene rings is 1. The molecule has 0 radical (unpaired) electrons. The summed E-state index contributed by atoms with van der Waals surface area (Å²) in [6.45, 7) is 1.88. The first kappa shape index (κ1) is 17.1. The maximum atomic E-state index is 12.6. The number of benzene rings is 1. The van der Waals surface area contributed by atoms with Gasteiger partial charge in [-0.25, -0.2) is 4.68 Å². The number of anilines is 1. The first-order valence-electron chi connectivity index (χ1n) is 8.28. The number of amides is 1. The maximum absolute atomic E-state index is 12.6. The number of hydrogen-bond donors (Lipinski definition) is 2. The summed E-state index contributed by atoms with van der Waals surface area (Å²) in [7, 11) is 0. The summed E-state index contributed by atoms with van der Waals surface area (Å²) in [5.74, 6) is -0.170. The number of H-pyrrole nitrogens is 1. The van der Waals surface area contributed by atoms with Crippen molar-refractivity contribution in [3.05, 3.63) is 68.9 Å². The molecule has 0 aliphatic carbocycles. The van der Waals surface area contributed by atoms with Crippen LogP contribution in [0.3, 0.4) is 0 Å². The molecule has 2 N–H and O–H groups in total. The summed E-state index contributed by atoms with van der Waals surface area (Å²) >= 11 is 1.55. The molecule has 4 rings (SSSR count). The van der Waals surface area contributed by atoms with Gasteiger partial charge in [-0.05, 0) is 57.4 Å². The Kier molecular flexibility index (Phi) is 4.51. The zero-order valence-electron chi connectivity index (χ0n) is 14.4. The van der Waals surface area contributed by atoms with E-state index in [4.69, 9.17) is 0 Å². The minimum Gasteiger partial charge on any atom is -0.326 e. The van der Waals surface area contributed by atoms with Crippen LogP contribution in [-0.2, 0) is 4.79 Å². The third kappa shape index (κ3) is 3.63. The third-order valence-electron chi connectivity index (χ3n) is 4.32. The van der Waals surface area contributed by atoms with Gasteiger partial charge in [0.15, 0.2) is 0 Å². The average Bonchev–Trinajstić information content (AvgIpc) is 3.33. The van der Waals surface area contributed by atoms with Crippen molar-refractivity contribution >= 4 is 33.8 Å². The van der Waals surface area contributed by atoms with Crippen molar-refractivity contribution in [1.82, 2.24) is 25.2 Å². The van der Waals surface area contributed by atoms with Crippen molar-refractivity contribution in [2.24, 2.45) is 0 Å². The number of pyridine rings is 1. The predicted octanol–water partition coefficient (Wildman–Crippen LogP) is 2.50. The van der Waals surface area contributed by atoms with Crippen molar-refractivity contribution in [2.75, 3.05) is 5.32 Å². The Hall–Kier alpha value is -3.33. The van der Waals surface area contributed by atoms with Crippen LogP contribution in [0.1, 0.15) is 23.6 Å². The summed E-state index contributed by atoms with van der Waals surface area (Å²) in [4.78, 5) is 27.1. The molecule has 0 unspecified atom stereocenters. The van der Waals surface area contributed by atoms with E-state index in [-0.39, 0.29) is 23.9 Å². The van der Waals surface area contributed by atoms with Crippen LogP contribution in [0, 0.1) is 6.92 Å². The Morgan fingerprint density at radius 2 is 2.22 bits per heavy atom. The molecule has 1 amide bonds. The summed E-state index contributed by atoms with van der Waals surface area (Å²) in [6, 6.07) is 8.69. The highest BCUT2D eigenvalue weighted by Gasteiger charge is 2.20. The Bertz CT molecular complexity index is 1100. The Balaban J connectivity index is 1.56. The fourth-order valence-corrected chi connectivity index (χ4v) is 3.75. The number of carbonyl (C=O) groups excluding carboxylic acids is 1. The Morgan fingerprint density at radius 3 is 2.96 bits per heavy atom. The van der Waals surface area contributed by atoms with Crippen molar-refractivity contribution in [2.45, 2.75) is 19.4 Å². The number of aromatic nitrogens is 5. The van der Waals surface area contributed by atoms with E-state index in [0.717, 1.165) is 16.5 Å². The predicted molar refractivity (Wildman–Crippen MR) is 103 cm³/mol. The van der Waals surface area contributed by atoms with E-state index < -0.39 is 0 Å². The molecule has 0 saturated heterocycles. The highest BCUT2D eigenvalue weighted by atomic mass is 32.1. The lowest BCUT2D eigenvalue weighted by atomic mass is 10.1. The summed E-state index contributed by atoms with van der Waals surface area (Å²) in [6.07, 6.45) is 1.68. The van der Waals surface area contributed by atoms with Gasteiger partial charge in [0.05, 0.1) is 18.0 Å². The van der Waals surface area contributed by atoms with Gasteiger partial charge in [0.25, 0.3) is 0 Å². The lowest BCUT2D eigenvalue weighted by molar-refractivity contribution is -0.116. The highest BCUT2D eigenvalue weighted by molar-refractivity contribution is 7.08. The molecule has 27 heavy (non-hydrogen) atoms. The van der Waals surface area contributed by atoms with Gasteiger partial charge < -0.3 is 10.3 Å². The van der Waals surface area contributed by atoms with Crippen LogP contribution < -0.4 is 10.9 Å². The number of tetrazole rings is 1. The topological polar surface area (TPSA) is 106 Å². The van der Waals surface area contributed by atoms with Gasteiger partial charge in [-0.15, -0.1) is 5.10 Å². The summed E-state index contributed by atoms with van der Waals surface area (Å²) in [5, 5.41) is 19.0. The fourth-order valence-electron chi connectivity index (χ4n) is 3.04. The van der Waals surface area contributed by atoms with E-state index in [1.54, 1.807) is 28.2 Å². The summed E-state index contributed by atoms with van der Waals surface area (Å²) in [5.41, 5.74) is 3.01. The monoisotopic (exact) mass is 380 g/mol. The van der Waals surface area contributed by atoms with Crippen LogP contribution in [0.25, 0.3) is 10.9 Å². The van der Waals surface area contributed by atoms with Gasteiger partial charge in [-0.2, -0.15) is 11.3 Å². The molecular formula is C18H16N6O2S. The first-order valence-corrected chi connectivity index (χ1v) is 9.22. The number of aromatic amines is 1. The van der Waals surface area contributed by atoms with Gasteiger partial charge in [0.1, 0.15) is 6.33 Å². The zero-order chi connectivity index (χ0) is 18.8. The fraction of sp³-hybridized carbons (Fsp3) is 0.167. The van der Waals surface area contributed by atoms with Crippen molar-refractivity contribution in [1.29, 1.82) is 0 Å². The van der Waals surface area contributed by atoms with Crippen LogP contribution in [0.5, 0.6) is 0 Å². The maximum Gasteiger partial charge on any atom is 0.248 e. The van der Waals surface area contributed by atoms with Gasteiger partial charge in [0, 0.05) is 17.1 Å². The lowest BCUT2D eigenvalue weighted by Crippen LogP contribution is -2.20. The number of aryl methyl sites for hydroxylation is 1. The van der Waals surface area contributed by atoms with Crippen LogP contribution >= 0.6 is 11.3 Å². The lowest BCUT2D eigenvalue weighted by Gasteiger charge is -2.15. The molecule has 3 heterocycles. The van der Waals surface area contributed by atoms with Crippen molar-refractivity contribution in [3.8, 4) is 0 Å². The number of nitrogens with zero attached hydrogens (tertiary/aromatic N) is 4. The van der Waals surface area contributed by atoms with E-state index in [2.05, 4.69) is 25.8 Å². The van der Waals surface area contributed by atoms with E-state index in [0.29, 0.717) is 11.2 Å². The first-order chi connectivity index (χ1) is 13.1. The minimum absolute atomic E-state index is 0.167. The van der Waals surface area contributed by atoms with Gasteiger partial charge in [-0.1, -0.05) is 6.07 Å². The quantitative estimate of drug-likeness (QED) is 0.553. The molecule has 1 atom stereocenters. The van der Waals surface area contributed by atoms with Gasteiger partial charge in [0.2, 0.25) is 11.5 Å². The molecule has 136 valence electrons. The van der Waals surface area contributed by atoms with Crippen LogP contribution in [0.2, 0.25) is 0 Å². The molecule has 9 heteroatoms. The molecular weight excluding hydrogens is 364 g/mol. The second-order valence-electron chi connectivity index (χ2n) is 6.19. The SMILES string of the molecule is Cc1cc(=O)[nH]c2cc(NC(=O)C[C@H](c3ccsc3)n3cnnn3)ccc12. The molecule has 0 saturated carbocycles. The van der Waals surface area contributed by atoms with Crippen molar-refractivity contribution < 1.29 is 4.79 Å². The van der Waals surface area contributed by atoms with E-state index in [1.807, 2.05) is 35.9 Å². The third-order valence-corrected chi connectivity index (χ3v) is 5.03. The van der Waals surface area contributed by atoms with Gasteiger partial charge in [-0.3, -0.25) is 9.59 Å². The minimum atomic E-state index is -0.284. The summed E-state index contributed by atoms with van der Waals surface area (Å²) < 4.78 is 1.57. The van der Waals surface area contributed by atoms with Crippen LogP contribution in [0.15, 0.2) is 52.2 Å².